The Hall–Kier alpha value is -1.23. The van der Waals surface area contributed by atoms with Gasteiger partial charge in [-0.1, -0.05) is 18.2 Å². The van der Waals surface area contributed by atoms with Gasteiger partial charge in [0.1, 0.15) is 6.10 Å². The van der Waals surface area contributed by atoms with Crippen molar-refractivity contribution in [2.24, 2.45) is 0 Å². The molecule has 0 fully saturated rings. The number of benzene rings is 1. The van der Waals surface area contributed by atoms with Crippen molar-refractivity contribution in [2.45, 2.75) is 13.0 Å². The number of fused-ring (bicyclic) bond motifs is 1. The van der Waals surface area contributed by atoms with E-state index in [1.165, 1.54) is 0 Å². The number of aryl methyl sites for hydroxylation is 1. The molecular weight excluding hydrogens is 322 g/mol. The summed E-state index contributed by atoms with van der Waals surface area (Å²) in [5.74, 6) is 0. The van der Waals surface area contributed by atoms with Crippen LogP contribution in [0.15, 0.2) is 46.5 Å². The zero-order valence-corrected chi connectivity index (χ0v) is 12.7. The lowest BCUT2D eigenvalue weighted by Gasteiger charge is -2.11. The Bertz CT molecular complexity index is 713. The lowest BCUT2D eigenvalue weighted by molar-refractivity contribution is 0.225. The molecule has 0 saturated carbocycles. The Kier molecular flexibility index (Phi) is 3.39. The molecule has 0 aliphatic heterocycles. The van der Waals surface area contributed by atoms with E-state index in [0.29, 0.717) is 0 Å². The van der Waals surface area contributed by atoms with Crippen LogP contribution in [0.5, 0.6) is 0 Å². The van der Waals surface area contributed by atoms with Gasteiger partial charge in [0.05, 0.1) is 3.79 Å². The fourth-order valence-corrected chi connectivity index (χ4v) is 3.72. The third kappa shape index (κ3) is 2.31. The Morgan fingerprint density at radius 1 is 1.32 bits per heavy atom. The minimum atomic E-state index is -0.608. The number of thiophene rings is 1. The molecule has 2 heterocycles. The number of rotatable bonds is 2. The first-order valence-electron chi connectivity index (χ1n) is 5.93. The molecule has 1 atom stereocenters. The van der Waals surface area contributed by atoms with Gasteiger partial charge in [-0.25, -0.2) is 0 Å². The maximum absolute atomic E-state index is 10.6. The van der Waals surface area contributed by atoms with Crippen molar-refractivity contribution < 1.29 is 5.11 Å². The van der Waals surface area contributed by atoms with E-state index < -0.39 is 6.10 Å². The van der Waals surface area contributed by atoms with Crippen molar-refractivity contribution in [3.8, 4) is 0 Å². The van der Waals surface area contributed by atoms with E-state index in [9.17, 15) is 5.11 Å². The van der Waals surface area contributed by atoms with Crippen LogP contribution in [0.25, 0.3) is 10.8 Å². The quantitative estimate of drug-likeness (QED) is 0.751. The number of nitrogens with zero attached hydrogens (tertiary/aromatic N) is 1. The first-order chi connectivity index (χ1) is 9.16. The van der Waals surface area contributed by atoms with Crippen molar-refractivity contribution in [1.82, 2.24) is 4.98 Å². The molecule has 2 aromatic heterocycles. The maximum atomic E-state index is 10.6. The normalized spacial score (nSPS) is 12.8. The minimum absolute atomic E-state index is 0.608. The largest absolute Gasteiger partial charge is 0.383 e. The second-order valence-corrected chi connectivity index (χ2v) is 6.85. The highest BCUT2D eigenvalue weighted by Gasteiger charge is 2.16. The minimum Gasteiger partial charge on any atom is -0.383 e. The average molecular weight is 334 g/mol. The first-order valence-corrected chi connectivity index (χ1v) is 7.54. The van der Waals surface area contributed by atoms with E-state index in [4.69, 9.17) is 0 Å². The number of aromatic nitrogens is 1. The second-order valence-electron chi connectivity index (χ2n) is 4.45. The van der Waals surface area contributed by atoms with E-state index in [0.717, 1.165) is 30.6 Å². The van der Waals surface area contributed by atoms with Crippen LogP contribution in [0.4, 0.5) is 0 Å². The molecule has 0 saturated heterocycles. The van der Waals surface area contributed by atoms with E-state index >= 15 is 0 Å². The summed E-state index contributed by atoms with van der Waals surface area (Å²) in [7, 11) is 0. The molecule has 1 aromatic carbocycles. The Labute approximate surface area is 123 Å². The topological polar surface area (TPSA) is 33.1 Å². The van der Waals surface area contributed by atoms with Crippen LogP contribution in [0.1, 0.15) is 22.1 Å². The molecule has 0 aliphatic rings. The number of pyridine rings is 1. The van der Waals surface area contributed by atoms with Gasteiger partial charge < -0.3 is 5.11 Å². The lowest BCUT2D eigenvalue weighted by Crippen LogP contribution is -1.98. The number of hydrogen-bond acceptors (Lipinski definition) is 3. The number of aliphatic hydroxyl groups is 1. The molecule has 1 N–H and O–H groups in total. The van der Waals surface area contributed by atoms with Crippen LogP contribution >= 0.6 is 27.3 Å². The zero-order chi connectivity index (χ0) is 13.4. The van der Waals surface area contributed by atoms with Crippen LogP contribution in [-0.2, 0) is 0 Å². The Morgan fingerprint density at radius 3 is 2.89 bits per heavy atom. The summed E-state index contributed by atoms with van der Waals surface area (Å²) in [6.45, 7) is 2.03. The summed E-state index contributed by atoms with van der Waals surface area (Å²) in [5.41, 5.74) is 2.05. The molecule has 0 bridgehead atoms. The summed E-state index contributed by atoms with van der Waals surface area (Å²) in [6, 6.07) is 9.94. The summed E-state index contributed by atoms with van der Waals surface area (Å²) >= 11 is 5.07. The summed E-state index contributed by atoms with van der Waals surface area (Å²) < 4.78 is 1.07. The van der Waals surface area contributed by atoms with Crippen LogP contribution < -0.4 is 0 Å². The van der Waals surface area contributed by atoms with Gasteiger partial charge in [-0.3, -0.25) is 4.98 Å². The van der Waals surface area contributed by atoms with E-state index in [2.05, 4.69) is 20.9 Å². The van der Waals surface area contributed by atoms with Crippen LogP contribution in [0.3, 0.4) is 0 Å². The number of hydrogen-bond donors (Lipinski definition) is 1. The molecular formula is C15H12BrNOS. The number of halogens is 1. The second kappa shape index (κ2) is 5.04. The van der Waals surface area contributed by atoms with Crippen molar-refractivity contribution in [1.29, 1.82) is 0 Å². The zero-order valence-electron chi connectivity index (χ0n) is 10.3. The maximum Gasteiger partial charge on any atom is 0.114 e. The summed E-state index contributed by atoms with van der Waals surface area (Å²) in [4.78, 5) is 5.10. The Balaban J connectivity index is 2.13. The molecule has 3 aromatic rings. The highest BCUT2D eigenvalue weighted by molar-refractivity contribution is 9.11. The molecule has 0 amide bonds. The van der Waals surface area contributed by atoms with Gasteiger partial charge in [-0.15, -0.1) is 11.3 Å². The molecule has 2 nitrogen and oxygen atoms in total. The van der Waals surface area contributed by atoms with Gasteiger partial charge >= 0.3 is 0 Å². The smallest absolute Gasteiger partial charge is 0.114 e. The van der Waals surface area contributed by atoms with Crippen molar-refractivity contribution in [2.75, 3.05) is 0 Å². The van der Waals surface area contributed by atoms with Gasteiger partial charge in [0, 0.05) is 22.7 Å². The molecule has 4 heteroatoms. The SMILES string of the molecule is Cc1cc(C(O)c2cccc3ccncc23)sc1Br. The molecule has 0 aliphatic carbocycles. The third-order valence-corrected chi connectivity index (χ3v) is 5.35. The third-order valence-electron chi connectivity index (χ3n) is 3.16. The van der Waals surface area contributed by atoms with Gasteiger partial charge in [-0.05, 0) is 51.5 Å². The molecule has 1 unspecified atom stereocenters. The van der Waals surface area contributed by atoms with Gasteiger partial charge in [0.2, 0.25) is 0 Å². The average Bonchev–Trinajstić information content (AvgIpc) is 2.77. The van der Waals surface area contributed by atoms with Gasteiger partial charge in [0.25, 0.3) is 0 Å². The fraction of sp³-hybridized carbons (Fsp3) is 0.133. The molecule has 3 rings (SSSR count). The standard InChI is InChI=1S/C15H12BrNOS/c1-9-7-13(19-15(9)16)14(18)11-4-2-3-10-5-6-17-8-12(10)11/h2-8,14,18H,1H3. The highest BCUT2D eigenvalue weighted by atomic mass is 79.9. The van der Waals surface area contributed by atoms with Gasteiger partial charge in [0.15, 0.2) is 0 Å². The van der Waals surface area contributed by atoms with Gasteiger partial charge in [-0.2, -0.15) is 0 Å². The molecule has 96 valence electrons. The summed E-state index contributed by atoms with van der Waals surface area (Å²) in [6.07, 6.45) is 2.97. The molecule has 19 heavy (non-hydrogen) atoms. The first kappa shape index (κ1) is 12.8. The van der Waals surface area contributed by atoms with Crippen molar-refractivity contribution in [3.05, 3.63) is 62.5 Å². The van der Waals surface area contributed by atoms with E-state index in [1.807, 2.05) is 43.5 Å². The predicted molar refractivity (Wildman–Crippen MR) is 82.6 cm³/mol. The molecule has 0 spiro atoms. The van der Waals surface area contributed by atoms with E-state index in [1.54, 1.807) is 17.5 Å². The van der Waals surface area contributed by atoms with Crippen LogP contribution in [0, 0.1) is 6.92 Å². The lowest BCUT2D eigenvalue weighted by atomic mass is 10.0. The fourth-order valence-electron chi connectivity index (χ4n) is 2.15. The molecule has 0 radical (unpaired) electrons. The number of aliphatic hydroxyl groups excluding tert-OH is 1. The summed E-state index contributed by atoms with van der Waals surface area (Å²) in [5, 5.41) is 12.7. The highest BCUT2D eigenvalue weighted by Crippen LogP contribution is 2.36. The Morgan fingerprint density at radius 2 is 2.16 bits per heavy atom. The van der Waals surface area contributed by atoms with Crippen molar-refractivity contribution in [3.63, 3.8) is 0 Å². The monoisotopic (exact) mass is 333 g/mol. The van der Waals surface area contributed by atoms with E-state index in [-0.39, 0.29) is 0 Å². The van der Waals surface area contributed by atoms with Crippen molar-refractivity contribution >= 4 is 38.0 Å². The predicted octanol–water partition coefficient (Wildman–Crippen LogP) is 4.45. The van der Waals surface area contributed by atoms with Crippen LogP contribution in [-0.4, -0.2) is 10.1 Å². The van der Waals surface area contributed by atoms with Crippen LogP contribution in [0.2, 0.25) is 0 Å².